The number of nitrogens with one attached hydrogen (secondary N) is 1. The maximum atomic E-state index is 14.4. The lowest BCUT2D eigenvalue weighted by atomic mass is 10.1. The maximum Gasteiger partial charge on any atom is 0.268 e. The minimum Gasteiger partial charge on any atom is -0.405 e. The summed E-state index contributed by atoms with van der Waals surface area (Å²) >= 11 is 7.97. The molecule has 2 aromatic heterocycles. The second kappa shape index (κ2) is 9.72. The fraction of sp³-hybridized carbons (Fsp3) is 0.227. The van der Waals surface area contributed by atoms with Crippen molar-refractivity contribution in [3.05, 3.63) is 71.0 Å². The predicted molar refractivity (Wildman–Crippen MR) is 126 cm³/mol. The summed E-state index contributed by atoms with van der Waals surface area (Å²) in [5.74, 6) is -0.727. The molecule has 0 spiro atoms. The highest BCUT2D eigenvalue weighted by Gasteiger charge is 2.21. The van der Waals surface area contributed by atoms with Crippen molar-refractivity contribution in [2.24, 2.45) is 17.8 Å². The van der Waals surface area contributed by atoms with E-state index in [0.717, 1.165) is 17.2 Å². The number of hydrogen-bond donors (Lipinski definition) is 2. The van der Waals surface area contributed by atoms with Gasteiger partial charge in [-0.3, -0.25) is 14.8 Å². The average molecular weight is 473 g/mol. The minimum atomic E-state index is -0.388. The van der Waals surface area contributed by atoms with Gasteiger partial charge < -0.3 is 15.6 Å². The summed E-state index contributed by atoms with van der Waals surface area (Å²) in [4.78, 5) is 22.3. The van der Waals surface area contributed by atoms with E-state index in [1.54, 1.807) is 48.2 Å². The zero-order chi connectivity index (χ0) is 22.7. The van der Waals surface area contributed by atoms with Crippen LogP contribution in [-0.2, 0) is 13.6 Å². The van der Waals surface area contributed by atoms with Gasteiger partial charge in [0.05, 0.1) is 29.2 Å². The molecule has 3 heterocycles. The molecule has 166 valence electrons. The third kappa shape index (κ3) is 4.64. The number of fused-ring (bicyclic) bond motifs is 1. The third-order valence-electron chi connectivity index (χ3n) is 5.14. The summed E-state index contributed by atoms with van der Waals surface area (Å²) in [5.41, 5.74) is 7.82. The van der Waals surface area contributed by atoms with E-state index in [4.69, 9.17) is 17.3 Å². The number of aromatic nitrogens is 2. The molecule has 0 fully saturated rings. The molecule has 4 rings (SSSR count). The molecular weight excluding hydrogens is 451 g/mol. The first kappa shape index (κ1) is 22.3. The van der Waals surface area contributed by atoms with Gasteiger partial charge in [-0.25, -0.2) is 8.70 Å². The molecule has 0 unspecified atom stereocenters. The Balaban J connectivity index is 1.48. The molecule has 32 heavy (non-hydrogen) atoms. The third-order valence-corrected chi connectivity index (χ3v) is 6.79. The Hall–Kier alpha value is -2.88. The SMILES string of the molecule is Cn1c(C(=O)NCc2c(F)ccc3ncccc23)cc(SN2CCN=C(/C=C\N)C2)c1Cl. The van der Waals surface area contributed by atoms with Crippen LogP contribution in [0.3, 0.4) is 0 Å². The molecule has 0 saturated carbocycles. The molecule has 3 N–H and O–H groups in total. The standard InChI is InChI=1S/C22H22ClFN6OS/c1-29-19(11-20(21(29)23)32-30-10-9-26-14(13-30)6-7-25)22(31)28-12-16-15-3-2-8-27-18(15)5-4-17(16)24/h2-8,11H,9-10,12-13,25H2,1H3,(H,28,31)/b7-6-. The summed E-state index contributed by atoms with van der Waals surface area (Å²) < 4.78 is 18.2. The molecule has 1 aliphatic heterocycles. The highest BCUT2D eigenvalue weighted by molar-refractivity contribution is 7.97. The minimum absolute atomic E-state index is 0.0380. The summed E-state index contributed by atoms with van der Waals surface area (Å²) in [5, 5.41) is 3.93. The Morgan fingerprint density at radius 1 is 1.41 bits per heavy atom. The molecule has 1 amide bonds. The molecule has 0 atom stereocenters. The molecule has 0 radical (unpaired) electrons. The van der Waals surface area contributed by atoms with Crippen LogP contribution < -0.4 is 11.1 Å². The summed E-state index contributed by atoms with van der Waals surface area (Å²) in [6.07, 6.45) is 4.90. The van der Waals surface area contributed by atoms with Gasteiger partial charge in [-0.1, -0.05) is 17.7 Å². The van der Waals surface area contributed by atoms with Crippen molar-refractivity contribution in [3.63, 3.8) is 0 Å². The van der Waals surface area contributed by atoms with Crippen LogP contribution in [0.25, 0.3) is 10.9 Å². The van der Waals surface area contributed by atoms with Crippen molar-refractivity contribution < 1.29 is 9.18 Å². The molecule has 7 nitrogen and oxygen atoms in total. The van der Waals surface area contributed by atoms with Crippen LogP contribution in [0, 0.1) is 5.82 Å². The van der Waals surface area contributed by atoms with Crippen molar-refractivity contribution in [2.75, 3.05) is 19.6 Å². The van der Waals surface area contributed by atoms with Gasteiger partial charge in [-0.15, -0.1) is 0 Å². The molecule has 1 aromatic carbocycles. The van der Waals surface area contributed by atoms with Gasteiger partial charge in [0.2, 0.25) is 0 Å². The first-order valence-corrected chi connectivity index (χ1v) is 11.1. The molecular formula is C22H22ClFN6OS. The van der Waals surface area contributed by atoms with Gasteiger partial charge in [0.25, 0.3) is 5.91 Å². The van der Waals surface area contributed by atoms with Crippen LogP contribution >= 0.6 is 23.5 Å². The first-order chi connectivity index (χ1) is 15.5. The maximum absolute atomic E-state index is 14.4. The van der Waals surface area contributed by atoms with E-state index >= 15 is 0 Å². The van der Waals surface area contributed by atoms with Crippen LogP contribution in [0.1, 0.15) is 16.1 Å². The van der Waals surface area contributed by atoms with E-state index in [-0.39, 0.29) is 18.3 Å². The fourth-order valence-corrected chi connectivity index (χ4v) is 4.78. The average Bonchev–Trinajstić information content (AvgIpc) is 3.07. The number of benzene rings is 1. The quantitative estimate of drug-likeness (QED) is 0.536. The number of rotatable bonds is 6. The Kier molecular flexibility index (Phi) is 6.78. The van der Waals surface area contributed by atoms with Gasteiger partial charge in [-0.2, -0.15) is 0 Å². The smallest absolute Gasteiger partial charge is 0.268 e. The van der Waals surface area contributed by atoms with Crippen molar-refractivity contribution in [2.45, 2.75) is 11.4 Å². The summed E-state index contributed by atoms with van der Waals surface area (Å²) in [6, 6.07) is 8.26. The Bertz CT molecular complexity index is 1220. The number of nitrogens with two attached hydrogens (primary N) is 1. The largest absolute Gasteiger partial charge is 0.405 e. The summed E-state index contributed by atoms with van der Waals surface area (Å²) in [7, 11) is 1.73. The first-order valence-electron chi connectivity index (χ1n) is 9.98. The molecule has 0 bridgehead atoms. The van der Waals surface area contributed by atoms with E-state index in [0.29, 0.717) is 40.4 Å². The van der Waals surface area contributed by atoms with E-state index in [2.05, 4.69) is 19.6 Å². The highest BCUT2D eigenvalue weighted by atomic mass is 35.5. The van der Waals surface area contributed by atoms with Crippen molar-refractivity contribution in [3.8, 4) is 0 Å². The number of carbonyl (C=O) groups excluding carboxylic acids is 1. The number of nitrogens with zero attached hydrogens (tertiary/aromatic N) is 4. The molecule has 0 aliphatic carbocycles. The monoisotopic (exact) mass is 472 g/mol. The zero-order valence-electron chi connectivity index (χ0n) is 17.4. The molecule has 10 heteroatoms. The van der Waals surface area contributed by atoms with Crippen LogP contribution in [0.2, 0.25) is 5.15 Å². The van der Waals surface area contributed by atoms with E-state index in [1.807, 2.05) is 0 Å². The molecule has 3 aromatic rings. The Labute approximate surface area is 194 Å². The van der Waals surface area contributed by atoms with Gasteiger partial charge in [0, 0.05) is 37.3 Å². The molecule has 0 saturated heterocycles. The van der Waals surface area contributed by atoms with Crippen LogP contribution in [-0.4, -0.2) is 45.1 Å². The Morgan fingerprint density at radius 2 is 2.25 bits per heavy atom. The lowest BCUT2D eigenvalue weighted by Gasteiger charge is -2.23. The summed E-state index contributed by atoms with van der Waals surface area (Å²) in [6.45, 7) is 2.08. The van der Waals surface area contributed by atoms with E-state index in [9.17, 15) is 9.18 Å². The normalized spacial score (nSPS) is 14.8. The van der Waals surface area contributed by atoms with Crippen LogP contribution in [0.5, 0.6) is 0 Å². The van der Waals surface area contributed by atoms with Crippen molar-refractivity contribution in [1.82, 2.24) is 19.2 Å². The number of halogens is 2. The van der Waals surface area contributed by atoms with Crippen LogP contribution in [0.15, 0.2) is 58.7 Å². The lowest BCUT2D eigenvalue weighted by molar-refractivity contribution is 0.0942. The Morgan fingerprint density at radius 3 is 3.06 bits per heavy atom. The second-order valence-corrected chi connectivity index (χ2v) is 8.71. The number of pyridine rings is 1. The number of aliphatic imine (C=N–C) groups is 1. The van der Waals surface area contributed by atoms with Gasteiger partial charge >= 0.3 is 0 Å². The lowest BCUT2D eigenvalue weighted by Crippen LogP contribution is -2.30. The highest BCUT2D eigenvalue weighted by Crippen LogP contribution is 2.33. The van der Waals surface area contributed by atoms with Gasteiger partial charge in [-0.05, 0) is 48.5 Å². The van der Waals surface area contributed by atoms with Crippen molar-refractivity contribution in [1.29, 1.82) is 0 Å². The van der Waals surface area contributed by atoms with Gasteiger partial charge in [0.1, 0.15) is 16.7 Å². The van der Waals surface area contributed by atoms with Crippen LogP contribution in [0.4, 0.5) is 4.39 Å². The fourth-order valence-electron chi connectivity index (χ4n) is 3.51. The predicted octanol–water partition coefficient (Wildman–Crippen LogP) is 3.53. The molecule has 1 aliphatic rings. The van der Waals surface area contributed by atoms with Gasteiger partial charge in [0.15, 0.2) is 0 Å². The van der Waals surface area contributed by atoms with E-state index < -0.39 is 0 Å². The van der Waals surface area contributed by atoms with Crippen molar-refractivity contribution >= 4 is 46.1 Å². The second-order valence-electron chi connectivity index (χ2n) is 7.21. The van der Waals surface area contributed by atoms with E-state index in [1.165, 1.54) is 24.2 Å². The topological polar surface area (TPSA) is 88.5 Å². The number of hydrogen-bond acceptors (Lipinski definition) is 6. The number of amides is 1. The zero-order valence-corrected chi connectivity index (χ0v) is 19.0. The number of carbonyl (C=O) groups is 1.